The van der Waals surface area contributed by atoms with Crippen LogP contribution in [0, 0.1) is 0 Å². The molecule has 6 heteroatoms. The van der Waals surface area contributed by atoms with Crippen LogP contribution in [-0.4, -0.2) is 20.9 Å². The first-order valence-corrected chi connectivity index (χ1v) is 5.56. The molecule has 2 atom stereocenters. The summed E-state index contributed by atoms with van der Waals surface area (Å²) in [5, 5.41) is 7.86. The lowest BCUT2D eigenvalue weighted by atomic mass is 10.1. The van der Waals surface area contributed by atoms with E-state index in [1.54, 1.807) is 6.20 Å². The number of carbonyl (C=O) groups excluding carboxylic acids is 1. The predicted octanol–water partition coefficient (Wildman–Crippen LogP) is 0.514. The number of nitrogens with two attached hydrogens (primary N) is 2. The van der Waals surface area contributed by atoms with Crippen molar-refractivity contribution in [2.75, 3.05) is 0 Å². The summed E-state index contributed by atoms with van der Waals surface area (Å²) < 4.78 is 1.49. The van der Waals surface area contributed by atoms with Gasteiger partial charge in [-0.25, -0.2) is 4.68 Å². The number of aromatic nitrogens is 3. The third-order valence-corrected chi connectivity index (χ3v) is 2.54. The first kappa shape index (κ1) is 12.6. The number of amides is 1. The van der Waals surface area contributed by atoms with Gasteiger partial charge in [0.15, 0.2) is 0 Å². The van der Waals surface area contributed by atoms with E-state index in [1.165, 1.54) is 4.68 Å². The Balaban J connectivity index is 2.81. The topological polar surface area (TPSA) is 99.8 Å². The summed E-state index contributed by atoms with van der Waals surface area (Å²) in [7, 11) is 0. The second kappa shape index (κ2) is 5.60. The fraction of sp³-hybridized carbons (Fsp3) is 0.700. The molecule has 0 saturated carbocycles. The van der Waals surface area contributed by atoms with Crippen LogP contribution in [0.1, 0.15) is 50.9 Å². The quantitative estimate of drug-likeness (QED) is 0.736. The molecule has 0 aliphatic carbocycles. The number of hydrogen-bond acceptors (Lipinski definition) is 4. The Labute approximate surface area is 95.0 Å². The Morgan fingerprint density at radius 3 is 2.75 bits per heavy atom. The third-order valence-electron chi connectivity index (χ3n) is 2.54. The zero-order valence-electron chi connectivity index (χ0n) is 9.76. The summed E-state index contributed by atoms with van der Waals surface area (Å²) in [6.07, 6.45) is 4.15. The lowest BCUT2D eigenvalue weighted by Gasteiger charge is -2.09. The second-order valence-electron chi connectivity index (χ2n) is 3.85. The number of primary amides is 1. The van der Waals surface area contributed by atoms with Crippen molar-refractivity contribution in [3.63, 3.8) is 0 Å². The average Bonchev–Trinajstić information content (AvgIpc) is 2.68. The van der Waals surface area contributed by atoms with Gasteiger partial charge in [-0.2, -0.15) is 0 Å². The van der Waals surface area contributed by atoms with Gasteiger partial charge < -0.3 is 11.5 Å². The minimum Gasteiger partial charge on any atom is -0.368 e. The van der Waals surface area contributed by atoms with Crippen molar-refractivity contribution in [1.29, 1.82) is 0 Å². The number of hydrogen-bond donors (Lipinski definition) is 2. The predicted molar refractivity (Wildman–Crippen MR) is 60.4 cm³/mol. The summed E-state index contributed by atoms with van der Waals surface area (Å²) in [6, 6.07) is -0.556. The van der Waals surface area contributed by atoms with Crippen LogP contribution in [0.2, 0.25) is 0 Å². The van der Waals surface area contributed by atoms with Crippen LogP contribution in [0.4, 0.5) is 0 Å². The van der Waals surface area contributed by atoms with Gasteiger partial charge in [-0.15, -0.1) is 5.10 Å². The largest absolute Gasteiger partial charge is 0.368 e. The molecule has 16 heavy (non-hydrogen) atoms. The molecule has 0 saturated heterocycles. The molecule has 4 N–H and O–H groups in total. The SMILES string of the molecule is CCCC(N)c1cn(C(CC)C(N)=O)nn1. The van der Waals surface area contributed by atoms with Crippen LogP contribution in [0.5, 0.6) is 0 Å². The summed E-state index contributed by atoms with van der Waals surface area (Å²) in [6.45, 7) is 3.94. The van der Waals surface area contributed by atoms with Crippen molar-refractivity contribution in [1.82, 2.24) is 15.0 Å². The van der Waals surface area contributed by atoms with Crippen LogP contribution < -0.4 is 11.5 Å². The Hall–Kier alpha value is -1.43. The van der Waals surface area contributed by atoms with E-state index in [-0.39, 0.29) is 6.04 Å². The van der Waals surface area contributed by atoms with E-state index in [1.807, 2.05) is 6.92 Å². The fourth-order valence-electron chi connectivity index (χ4n) is 1.59. The highest BCUT2D eigenvalue weighted by Crippen LogP contribution is 2.15. The van der Waals surface area contributed by atoms with Gasteiger partial charge in [0.1, 0.15) is 6.04 Å². The first-order valence-electron chi connectivity index (χ1n) is 5.56. The zero-order chi connectivity index (χ0) is 12.1. The van der Waals surface area contributed by atoms with E-state index < -0.39 is 11.9 Å². The van der Waals surface area contributed by atoms with Gasteiger partial charge in [-0.3, -0.25) is 4.79 Å². The van der Waals surface area contributed by atoms with Gasteiger partial charge in [0.2, 0.25) is 5.91 Å². The van der Waals surface area contributed by atoms with Crippen molar-refractivity contribution in [3.8, 4) is 0 Å². The molecule has 0 radical (unpaired) electrons. The highest BCUT2D eigenvalue weighted by molar-refractivity contribution is 5.78. The molecule has 1 rings (SSSR count). The van der Waals surface area contributed by atoms with Crippen LogP contribution in [-0.2, 0) is 4.79 Å². The maximum atomic E-state index is 11.1. The lowest BCUT2D eigenvalue weighted by Crippen LogP contribution is -2.26. The van der Waals surface area contributed by atoms with Crippen molar-refractivity contribution in [3.05, 3.63) is 11.9 Å². The van der Waals surface area contributed by atoms with E-state index in [4.69, 9.17) is 11.5 Å². The van der Waals surface area contributed by atoms with Crippen LogP contribution in [0.15, 0.2) is 6.20 Å². The molecular formula is C10H19N5O. The highest BCUT2D eigenvalue weighted by atomic mass is 16.1. The Morgan fingerprint density at radius 2 is 2.25 bits per heavy atom. The molecular weight excluding hydrogens is 206 g/mol. The minimum atomic E-state index is -0.435. The molecule has 0 aliphatic heterocycles. The Morgan fingerprint density at radius 1 is 1.56 bits per heavy atom. The zero-order valence-corrected chi connectivity index (χ0v) is 9.76. The normalized spacial score (nSPS) is 14.7. The number of nitrogens with zero attached hydrogens (tertiary/aromatic N) is 3. The maximum Gasteiger partial charge on any atom is 0.242 e. The molecule has 1 heterocycles. The van der Waals surface area contributed by atoms with Gasteiger partial charge in [-0.1, -0.05) is 25.5 Å². The Kier molecular flexibility index (Phi) is 4.42. The first-order chi connectivity index (χ1) is 7.60. The third kappa shape index (κ3) is 2.79. The molecule has 1 amide bonds. The van der Waals surface area contributed by atoms with E-state index in [9.17, 15) is 4.79 Å². The van der Waals surface area contributed by atoms with E-state index in [0.29, 0.717) is 12.1 Å². The molecule has 6 nitrogen and oxygen atoms in total. The van der Waals surface area contributed by atoms with Crippen molar-refractivity contribution in [2.24, 2.45) is 11.5 Å². The van der Waals surface area contributed by atoms with Gasteiger partial charge >= 0.3 is 0 Å². The molecule has 90 valence electrons. The van der Waals surface area contributed by atoms with E-state index in [0.717, 1.165) is 12.8 Å². The minimum absolute atomic E-state index is 0.121. The van der Waals surface area contributed by atoms with E-state index in [2.05, 4.69) is 17.2 Å². The molecule has 0 bridgehead atoms. The summed E-state index contributed by atoms with van der Waals surface area (Å²) in [4.78, 5) is 11.1. The Bertz CT molecular complexity index is 349. The standard InChI is InChI=1S/C10H19N5O/c1-3-5-7(11)8-6-15(14-13-8)9(4-2)10(12)16/h6-7,9H,3-5,11H2,1-2H3,(H2,12,16). The van der Waals surface area contributed by atoms with Gasteiger partial charge in [-0.05, 0) is 12.8 Å². The van der Waals surface area contributed by atoms with Crippen LogP contribution in [0.3, 0.4) is 0 Å². The summed E-state index contributed by atoms with van der Waals surface area (Å²) >= 11 is 0. The monoisotopic (exact) mass is 225 g/mol. The van der Waals surface area contributed by atoms with Gasteiger partial charge in [0.25, 0.3) is 0 Å². The highest BCUT2D eigenvalue weighted by Gasteiger charge is 2.18. The molecule has 1 aromatic rings. The van der Waals surface area contributed by atoms with Gasteiger partial charge in [0, 0.05) is 0 Å². The van der Waals surface area contributed by atoms with E-state index >= 15 is 0 Å². The van der Waals surface area contributed by atoms with Crippen LogP contribution >= 0.6 is 0 Å². The maximum absolute atomic E-state index is 11.1. The second-order valence-corrected chi connectivity index (χ2v) is 3.85. The van der Waals surface area contributed by atoms with Crippen LogP contribution in [0.25, 0.3) is 0 Å². The molecule has 0 fully saturated rings. The smallest absolute Gasteiger partial charge is 0.242 e. The lowest BCUT2D eigenvalue weighted by molar-refractivity contribution is -0.121. The fourth-order valence-corrected chi connectivity index (χ4v) is 1.59. The number of rotatable bonds is 6. The molecule has 0 aliphatic rings. The van der Waals surface area contributed by atoms with Crippen molar-refractivity contribution >= 4 is 5.91 Å². The number of carbonyl (C=O) groups is 1. The summed E-state index contributed by atoms with van der Waals surface area (Å²) in [5.41, 5.74) is 11.9. The molecule has 0 aromatic carbocycles. The molecule has 2 unspecified atom stereocenters. The van der Waals surface area contributed by atoms with Gasteiger partial charge in [0.05, 0.1) is 17.9 Å². The average molecular weight is 225 g/mol. The molecule has 0 spiro atoms. The van der Waals surface area contributed by atoms with Crippen molar-refractivity contribution < 1.29 is 4.79 Å². The van der Waals surface area contributed by atoms with Crippen molar-refractivity contribution in [2.45, 2.75) is 45.2 Å². The summed E-state index contributed by atoms with van der Waals surface area (Å²) in [5.74, 6) is -0.400. The molecule has 1 aromatic heterocycles.